The minimum absolute atomic E-state index is 0.611. The zero-order valence-corrected chi connectivity index (χ0v) is 5.49. The van der Waals surface area contributed by atoms with Gasteiger partial charge in [-0.25, -0.2) is 0 Å². The summed E-state index contributed by atoms with van der Waals surface area (Å²) < 4.78 is 0. The highest BCUT2D eigenvalue weighted by molar-refractivity contribution is 6.65. The van der Waals surface area contributed by atoms with Gasteiger partial charge in [0.15, 0.2) is 0 Å². The average Bonchev–Trinajstić information content (AvgIpc) is 1.67. The average molecular weight is 132 g/mol. The lowest BCUT2D eigenvalue weighted by atomic mass is 9.99. The fraction of sp³-hybridized carbons (Fsp3) is 0.600. The van der Waals surface area contributed by atoms with Crippen LogP contribution in [0.25, 0.3) is 0 Å². The van der Waals surface area contributed by atoms with Gasteiger partial charge in [0.1, 0.15) is 5.41 Å². The highest BCUT2D eigenvalue weighted by atomic mass is 35.5. The molecule has 8 heavy (non-hydrogen) atoms. The molecule has 0 atom stereocenters. The van der Waals surface area contributed by atoms with E-state index in [0.29, 0.717) is 0 Å². The van der Waals surface area contributed by atoms with Crippen LogP contribution in [0.1, 0.15) is 13.8 Å². The Morgan fingerprint density at radius 3 is 2.12 bits per heavy atom. The van der Waals surface area contributed by atoms with Gasteiger partial charge in [0.25, 0.3) is 0 Å². The molecule has 0 rings (SSSR count). The fourth-order valence-corrected chi connectivity index (χ4v) is 0.0862. The molecule has 0 spiro atoms. The van der Waals surface area contributed by atoms with Crippen LogP contribution in [0.5, 0.6) is 0 Å². The maximum atomic E-state index is 10.2. The standard InChI is InChI=1S/C5H6ClNO/c1-5(2,3-7)4(6)8/h1-2H3. The Morgan fingerprint density at radius 2 is 2.12 bits per heavy atom. The van der Waals surface area contributed by atoms with Crippen molar-refractivity contribution in [2.75, 3.05) is 0 Å². The van der Waals surface area contributed by atoms with E-state index in [9.17, 15) is 4.79 Å². The van der Waals surface area contributed by atoms with Crippen molar-refractivity contribution in [1.82, 2.24) is 0 Å². The van der Waals surface area contributed by atoms with Gasteiger partial charge in [-0.3, -0.25) is 4.79 Å². The van der Waals surface area contributed by atoms with Gasteiger partial charge < -0.3 is 0 Å². The molecule has 0 radical (unpaired) electrons. The molecule has 0 aliphatic heterocycles. The third kappa shape index (κ3) is 1.51. The summed E-state index contributed by atoms with van der Waals surface area (Å²) >= 11 is 5.01. The van der Waals surface area contributed by atoms with Gasteiger partial charge in [0, 0.05) is 0 Å². The lowest BCUT2D eigenvalue weighted by Crippen LogP contribution is -2.15. The van der Waals surface area contributed by atoms with Crippen LogP contribution in [0.2, 0.25) is 0 Å². The normalized spacial score (nSPS) is 10.2. The largest absolute Gasteiger partial charge is 0.280 e. The first-order chi connectivity index (χ1) is 3.50. The number of nitriles is 1. The Balaban J connectivity index is 4.19. The van der Waals surface area contributed by atoms with E-state index in [0.717, 1.165) is 0 Å². The molecular formula is C5H6ClNO. The van der Waals surface area contributed by atoms with Crippen molar-refractivity contribution >= 4 is 16.8 Å². The highest BCUT2D eigenvalue weighted by Crippen LogP contribution is 2.15. The van der Waals surface area contributed by atoms with Gasteiger partial charge in [-0.2, -0.15) is 5.26 Å². The summed E-state index contributed by atoms with van der Waals surface area (Å²) in [7, 11) is 0. The van der Waals surface area contributed by atoms with Crippen LogP contribution in [0, 0.1) is 16.7 Å². The van der Waals surface area contributed by atoms with E-state index < -0.39 is 10.7 Å². The molecule has 2 nitrogen and oxygen atoms in total. The first-order valence-corrected chi connectivity index (χ1v) is 2.49. The number of hydrogen-bond donors (Lipinski definition) is 0. The van der Waals surface area contributed by atoms with Crippen LogP contribution < -0.4 is 0 Å². The van der Waals surface area contributed by atoms with E-state index in [1.807, 2.05) is 0 Å². The molecule has 0 aromatic rings. The minimum atomic E-state index is -1.03. The van der Waals surface area contributed by atoms with Gasteiger partial charge in [-0.1, -0.05) is 0 Å². The maximum absolute atomic E-state index is 10.2. The summed E-state index contributed by atoms with van der Waals surface area (Å²) in [6.07, 6.45) is 0. The summed E-state index contributed by atoms with van der Waals surface area (Å²) in [5, 5.41) is 7.60. The van der Waals surface area contributed by atoms with Crippen molar-refractivity contribution in [3.05, 3.63) is 0 Å². The molecule has 0 N–H and O–H groups in total. The molecule has 0 amide bonds. The van der Waals surface area contributed by atoms with Crippen molar-refractivity contribution in [1.29, 1.82) is 5.26 Å². The molecular weight excluding hydrogens is 126 g/mol. The van der Waals surface area contributed by atoms with Gasteiger partial charge in [-0.15, -0.1) is 0 Å². The highest BCUT2D eigenvalue weighted by Gasteiger charge is 2.24. The second-order valence-corrected chi connectivity index (χ2v) is 2.35. The van der Waals surface area contributed by atoms with Crippen LogP contribution in [0.4, 0.5) is 0 Å². The van der Waals surface area contributed by atoms with E-state index in [-0.39, 0.29) is 0 Å². The van der Waals surface area contributed by atoms with Crippen LogP contribution >= 0.6 is 11.6 Å². The van der Waals surface area contributed by atoms with Gasteiger partial charge in [-0.05, 0) is 25.4 Å². The van der Waals surface area contributed by atoms with E-state index in [1.54, 1.807) is 6.07 Å². The molecule has 0 heterocycles. The lowest BCUT2D eigenvalue weighted by molar-refractivity contribution is -0.116. The van der Waals surface area contributed by atoms with Crippen molar-refractivity contribution in [2.24, 2.45) is 5.41 Å². The number of hydrogen-bond acceptors (Lipinski definition) is 2. The molecule has 3 heteroatoms. The SMILES string of the molecule is CC(C)(C#N)C(=O)Cl. The van der Waals surface area contributed by atoms with E-state index in [2.05, 4.69) is 0 Å². The molecule has 0 unspecified atom stereocenters. The topological polar surface area (TPSA) is 40.9 Å². The van der Waals surface area contributed by atoms with Crippen LogP contribution in [0.3, 0.4) is 0 Å². The molecule has 0 saturated heterocycles. The number of carbonyl (C=O) groups is 1. The third-order valence-corrected chi connectivity index (χ3v) is 1.24. The van der Waals surface area contributed by atoms with Crippen LogP contribution in [-0.2, 0) is 4.79 Å². The molecule has 0 fully saturated rings. The van der Waals surface area contributed by atoms with Crippen molar-refractivity contribution in [3.63, 3.8) is 0 Å². The molecule has 0 aliphatic rings. The molecule has 0 saturated carbocycles. The maximum Gasteiger partial charge on any atom is 0.241 e. The first-order valence-electron chi connectivity index (χ1n) is 2.12. The Morgan fingerprint density at radius 1 is 1.75 bits per heavy atom. The first kappa shape index (κ1) is 7.45. The third-order valence-electron chi connectivity index (χ3n) is 0.771. The predicted molar refractivity (Wildman–Crippen MR) is 30.3 cm³/mol. The Kier molecular flexibility index (Phi) is 2.00. The van der Waals surface area contributed by atoms with Crippen LogP contribution in [0.15, 0.2) is 0 Å². The second kappa shape index (κ2) is 2.15. The summed E-state index contributed by atoms with van der Waals surface area (Å²) in [5.74, 6) is 0. The number of halogens is 1. The van der Waals surface area contributed by atoms with Crippen molar-refractivity contribution < 1.29 is 4.79 Å². The monoisotopic (exact) mass is 131 g/mol. The van der Waals surface area contributed by atoms with Crippen molar-refractivity contribution in [2.45, 2.75) is 13.8 Å². The lowest BCUT2D eigenvalue weighted by Gasteiger charge is -2.05. The quantitative estimate of drug-likeness (QED) is 0.504. The molecule has 44 valence electrons. The minimum Gasteiger partial charge on any atom is -0.280 e. The number of rotatable bonds is 1. The number of carbonyl (C=O) groups excluding carboxylic acids is 1. The summed E-state index contributed by atoms with van der Waals surface area (Å²) in [5.41, 5.74) is -1.03. The molecule has 0 aromatic carbocycles. The summed E-state index contributed by atoms with van der Waals surface area (Å²) in [4.78, 5) is 10.2. The van der Waals surface area contributed by atoms with Crippen LogP contribution in [-0.4, -0.2) is 5.24 Å². The van der Waals surface area contributed by atoms with Crippen molar-refractivity contribution in [3.8, 4) is 6.07 Å². The fourth-order valence-electron chi connectivity index (χ4n) is 0.0440. The predicted octanol–water partition coefficient (Wildman–Crippen LogP) is 1.30. The van der Waals surface area contributed by atoms with Gasteiger partial charge in [0.2, 0.25) is 5.24 Å². The van der Waals surface area contributed by atoms with Gasteiger partial charge >= 0.3 is 0 Å². The van der Waals surface area contributed by atoms with E-state index >= 15 is 0 Å². The summed E-state index contributed by atoms with van der Waals surface area (Å²) in [6.45, 7) is 2.95. The Bertz CT molecular complexity index is 145. The Labute approximate surface area is 53.1 Å². The zero-order chi connectivity index (χ0) is 6.78. The smallest absolute Gasteiger partial charge is 0.241 e. The Hall–Kier alpha value is -0.550. The molecule has 0 aliphatic carbocycles. The second-order valence-electron chi connectivity index (χ2n) is 2.01. The molecule has 0 aromatic heterocycles. The van der Waals surface area contributed by atoms with E-state index in [4.69, 9.17) is 16.9 Å². The molecule has 0 bridgehead atoms. The zero-order valence-electron chi connectivity index (χ0n) is 4.73. The van der Waals surface area contributed by atoms with E-state index in [1.165, 1.54) is 13.8 Å². The summed E-state index contributed by atoms with van der Waals surface area (Å²) in [6, 6.07) is 1.76. The van der Waals surface area contributed by atoms with Gasteiger partial charge in [0.05, 0.1) is 6.07 Å². The number of nitrogens with zero attached hydrogens (tertiary/aromatic N) is 1.